The maximum absolute atomic E-state index is 3.91. The van der Waals surface area contributed by atoms with Gasteiger partial charge in [-0.05, 0) is 0 Å². The van der Waals surface area contributed by atoms with Gasteiger partial charge in [0.1, 0.15) is 11.8 Å². The van der Waals surface area contributed by atoms with E-state index in [0.29, 0.717) is 5.65 Å². The van der Waals surface area contributed by atoms with Crippen LogP contribution < -0.4 is 0 Å². The van der Waals surface area contributed by atoms with Gasteiger partial charge in [0.25, 0.3) is 0 Å². The maximum atomic E-state index is 3.91. The Labute approximate surface area is 87.0 Å². The molecule has 0 spiro atoms. The predicted molar refractivity (Wildman–Crippen MR) is 58.1 cm³/mol. The Morgan fingerprint density at radius 1 is 0.867 bits per heavy atom. The van der Waals surface area contributed by atoms with Crippen molar-refractivity contribution in [3.05, 3.63) is 55.2 Å². The lowest BCUT2D eigenvalue weighted by Crippen LogP contribution is -1.76. The van der Waals surface area contributed by atoms with Crippen molar-refractivity contribution in [2.24, 2.45) is 0 Å². The van der Waals surface area contributed by atoms with Crippen LogP contribution in [0.5, 0.6) is 0 Å². The van der Waals surface area contributed by atoms with Gasteiger partial charge in [0.05, 0.1) is 12.5 Å². The predicted octanol–water partition coefficient (Wildman–Crippen LogP) is 2.04. The smallest absolute Gasteiger partial charge is 0.180 e. The summed E-state index contributed by atoms with van der Waals surface area (Å²) in [6, 6.07) is 12.0. The molecule has 0 aliphatic rings. The molecule has 1 aromatic carbocycles. The first-order valence-electron chi connectivity index (χ1n) is 4.56. The van der Waals surface area contributed by atoms with Crippen LogP contribution in [0.25, 0.3) is 11.2 Å². The Morgan fingerprint density at radius 2 is 1.53 bits per heavy atom. The number of benzene rings is 1. The van der Waals surface area contributed by atoms with E-state index in [1.54, 1.807) is 12.5 Å². The lowest BCUT2D eigenvalue weighted by molar-refractivity contribution is 1.20. The van der Waals surface area contributed by atoms with E-state index < -0.39 is 0 Å². The van der Waals surface area contributed by atoms with Crippen LogP contribution in [-0.2, 0) is 0 Å². The van der Waals surface area contributed by atoms with Crippen molar-refractivity contribution in [3.63, 3.8) is 0 Å². The van der Waals surface area contributed by atoms with Crippen LogP contribution in [0.4, 0.5) is 0 Å². The molecule has 0 aliphatic carbocycles. The number of aromatic nitrogens is 4. The summed E-state index contributed by atoms with van der Waals surface area (Å²) in [5.41, 5.74) is 1.59. The lowest BCUT2D eigenvalue weighted by Gasteiger charge is -1.80. The van der Waals surface area contributed by atoms with Gasteiger partial charge in [0.15, 0.2) is 5.65 Å². The van der Waals surface area contributed by atoms with Gasteiger partial charge >= 0.3 is 0 Å². The third kappa shape index (κ3) is 2.60. The minimum absolute atomic E-state index is 0.713. The van der Waals surface area contributed by atoms with Gasteiger partial charge in [0, 0.05) is 0 Å². The van der Waals surface area contributed by atoms with Crippen molar-refractivity contribution in [1.29, 1.82) is 0 Å². The zero-order chi connectivity index (χ0) is 10.3. The molecule has 15 heavy (non-hydrogen) atoms. The Morgan fingerprint density at radius 3 is 2.13 bits per heavy atom. The fourth-order valence-corrected chi connectivity index (χ4v) is 1.08. The number of imidazole rings is 1. The number of fused-ring (bicyclic) bond motifs is 1. The molecule has 2 heterocycles. The van der Waals surface area contributed by atoms with Crippen LogP contribution in [0, 0.1) is 0 Å². The van der Waals surface area contributed by atoms with Gasteiger partial charge in [-0.15, -0.1) is 0 Å². The third-order valence-corrected chi connectivity index (χ3v) is 1.76. The highest BCUT2D eigenvalue weighted by molar-refractivity contribution is 5.67. The molecule has 0 amide bonds. The van der Waals surface area contributed by atoms with E-state index >= 15 is 0 Å². The molecule has 74 valence electrons. The van der Waals surface area contributed by atoms with Crippen LogP contribution >= 0.6 is 0 Å². The second kappa shape index (κ2) is 4.85. The van der Waals surface area contributed by atoms with E-state index in [9.17, 15) is 0 Å². The van der Waals surface area contributed by atoms with Crippen LogP contribution in [0.3, 0.4) is 0 Å². The molecule has 0 unspecified atom stereocenters. The number of aromatic amines is 1. The van der Waals surface area contributed by atoms with Crippen molar-refractivity contribution < 1.29 is 0 Å². The lowest BCUT2D eigenvalue weighted by atomic mass is 10.4. The van der Waals surface area contributed by atoms with Gasteiger partial charge in [-0.3, -0.25) is 0 Å². The Balaban J connectivity index is 0.000000124. The third-order valence-electron chi connectivity index (χ3n) is 1.76. The van der Waals surface area contributed by atoms with E-state index in [2.05, 4.69) is 19.9 Å². The van der Waals surface area contributed by atoms with Gasteiger partial charge in [-0.1, -0.05) is 36.4 Å². The SMILES string of the molecule is c1ccccc1.c1ncc2[nH]cnc2n1. The van der Waals surface area contributed by atoms with E-state index in [4.69, 9.17) is 0 Å². The molecule has 0 fully saturated rings. The second-order valence-electron chi connectivity index (χ2n) is 2.82. The first-order valence-corrected chi connectivity index (χ1v) is 4.56. The average Bonchev–Trinajstić information content (AvgIpc) is 2.80. The van der Waals surface area contributed by atoms with Crippen molar-refractivity contribution in [2.45, 2.75) is 0 Å². The van der Waals surface area contributed by atoms with E-state index in [0.717, 1.165) is 5.52 Å². The number of hydrogen-bond donors (Lipinski definition) is 1. The van der Waals surface area contributed by atoms with E-state index in [1.807, 2.05) is 36.4 Å². The van der Waals surface area contributed by atoms with Crippen LogP contribution in [0.1, 0.15) is 0 Å². The molecule has 2 aromatic heterocycles. The highest BCUT2D eigenvalue weighted by Gasteiger charge is 1.91. The molecule has 0 radical (unpaired) electrons. The Bertz CT molecular complexity index is 447. The molecular formula is C11H10N4. The molecule has 0 aliphatic heterocycles. The zero-order valence-electron chi connectivity index (χ0n) is 8.04. The van der Waals surface area contributed by atoms with E-state index in [-0.39, 0.29) is 0 Å². The molecule has 0 saturated heterocycles. The van der Waals surface area contributed by atoms with Crippen molar-refractivity contribution in [2.75, 3.05) is 0 Å². The van der Waals surface area contributed by atoms with Gasteiger partial charge in [-0.2, -0.15) is 0 Å². The monoisotopic (exact) mass is 198 g/mol. The van der Waals surface area contributed by atoms with Crippen molar-refractivity contribution in [3.8, 4) is 0 Å². The Kier molecular flexibility index (Phi) is 3.02. The fourth-order valence-electron chi connectivity index (χ4n) is 1.08. The minimum atomic E-state index is 0.713. The standard InChI is InChI=1S/C6H6.C5H4N4/c1-2-4-6-5-3-1;1-4-5(8-2-6-1)9-3-7-4/h1-6H;1-3H,(H,6,7,8,9). The summed E-state index contributed by atoms with van der Waals surface area (Å²) in [5.74, 6) is 0. The van der Waals surface area contributed by atoms with Gasteiger partial charge in [-0.25, -0.2) is 15.0 Å². The molecule has 0 bridgehead atoms. The molecule has 4 heteroatoms. The van der Waals surface area contributed by atoms with Crippen molar-refractivity contribution in [1.82, 2.24) is 19.9 Å². The summed E-state index contributed by atoms with van der Waals surface area (Å²) in [7, 11) is 0. The van der Waals surface area contributed by atoms with Crippen LogP contribution in [0.2, 0.25) is 0 Å². The quantitative estimate of drug-likeness (QED) is 0.601. The molecule has 1 N–H and O–H groups in total. The molecule has 0 atom stereocenters. The largest absolute Gasteiger partial charge is 0.342 e. The maximum Gasteiger partial charge on any atom is 0.180 e. The molecular weight excluding hydrogens is 188 g/mol. The first kappa shape index (κ1) is 9.33. The topological polar surface area (TPSA) is 54.5 Å². The zero-order valence-corrected chi connectivity index (χ0v) is 8.04. The van der Waals surface area contributed by atoms with Gasteiger partial charge < -0.3 is 4.98 Å². The molecule has 0 saturated carbocycles. The highest BCUT2D eigenvalue weighted by Crippen LogP contribution is 1.99. The fraction of sp³-hybridized carbons (Fsp3) is 0. The van der Waals surface area contributed by atoms with Gasteiger partial charge in [0.2, 0.25) is 0 Å². The summed E-state index contributed by atoms with van der Waals surface area (Å²) in [5, 5.41) is 0. The van der Waals surface area contributed by atoms with Crippen LogP contribution in [0.15, 0.2) is 55.2 Å². The minimum Gasteiger partial charge on any atom is -0.342 e. The second-order valence-corrected chi connectivity index (χ2v) is 2.82. The number of nitrogens with one attached hydrogen (secondary N) is 1. The number of rotatable bonds is 0. The van der Waals surface area contributed by atoms with Crippen LogP contribution in [-0.4, -0.2) is 19.9 Å². The number of H-pyrrole nitrogens is 1. The average molecular weight is 198 g/mol. The summed E-state index contributed by atoms with van der Waals surface area (Å²) in [6.07, 6.45) is 4.76. The summed E-state index contributed by atoms with van der Waals surface area (Å²) in [6.45, 7) is 0. The number of hydrogen-bond acceptors (Lipinski definition) is 3. The highest BCUT2D eigenvalue weighted by atomic mass is 15.0. The summed E-state index contributed by atoms with van der Waals surface area (Å²) >= 11 is 0. The van der Waals surface area contributed by atoms with Crippen molar-refractivity contribution >= 4 is 11.2 Å². The molecule has 4 nitrogen and oxygen atoms in total. The molecule has 3 aromatic rings. The molecule has 3 rings (SSSR count). The summed E-state index contributed by atoms with van der Waals surface area (Å²) in [4.78, 5) is 14.5. The normalized spacial score (nSPS) is 9.33. The number of nitrogens with zero attached hydrogens (tertiary/aromatic N) is 3. The summed E-state index contributed by atoms with van der Waals surface area (Å²) < 4.78 is 0. The van der Waals surface area contributed by atoms with E-state index in [1.165, 1.54) is 6.33 Å². The first-order chi connectivity index (χ1) is 7.47. The Hall–Kier alpha value is -2.23.